The molecule has 0 fully saturated rings. The van der Waals surface area contributed by atoms with E-state index in [-0.39, 0.29) is 11.4 Å². The number of rotatable bonds is 6. The first-order chi connectivity index (χ1) is 13.9. The fourth-order valence-electron chi connectivity index (χ4n) is 3.41. The minimum absolute atomic E-state index is 0.142. The van der Waals surface area contributed by atoms with Gasteiger partial charge < -0.3 is 9.64 Å². The van der Waals surface area contributed by atoms with E-state index in [4.69, 9.17) is 4.74 Å². The molecule has 2 aromatic rings. The third kappa shape index (κ3) is 4.72. The molecular weight excluding hydrogens is 364 g/mol. The maximum absolute atomic E-state index is 12.7. The van der Waals surface area contributed by atoms with E-state index in [0.29, 0.717) is 11.1 Å². The molecule has 0 aromatic heterocycles. The van der Waals surface area contributed by atoms with Crippen LogP contribution in [0, 0.1) is 11.3 Å². The van der Waals surface area contributed by atoms with Gasteiger partial charge in [-0.05, 0) is 67.2 Å². The lowest BCUT2D eigenvalue weighted by Crippen LogP contribution is -2.25. The number of benzene rings is 2. The van der Waals surface area contributed by atoms with Crippen molar-refractivity contribution < 1.29 is 14.3 Å². The van der Waals surface area contributed by atoms with Gasteiger partial charge in [0.05, 0.1) is 0 Å². The van der Waals surface area contributed by atoms with Crippen molar-refractivity contribution in [2.45, 2.75) is 32.3 Å². The monoisotopic (exact) mass is 388 g/mol. The first-order valence-electron chi connectivity index (χ1n) is 9.65. The van der Waals surface area contributed by atoms with E-state index in [2.05, 4.69) is 0 Å². The second-order valence-corrected chi connectivity index (χ2v) is 7.40. The van der Waals surface area contributed by atoms with Gasteiger partial charge in [0.1, 0.15) is 11.6 Å². The van der Waals surface area contributed by atoms with E-state index in [1.807, 2.05) is 61.5 Å². The van der Waals surface area contributed by atoms with Crippen LogP contribution in [-0.4, -0.2) is 32.0 Å². The molecule has 0 unspecified atom stereocenters. The van der Waals surface area contributed by atoms with E-state index in [9.17, 15) is 14.9 Å². The Morgan fingerprint density at radius 1 is 1.10 bits per heavy atom. The summed E-state index contributed by atoms with van der Waals surface area (Å²) in [5.74, 6) is -1.06. The number of carbonyl (C=O) groups is 2. The topological polar surface area (TPSA) is 70.4 Å². The molecule has 0 amide bonds. The minimum Gasteiger partial charge on any atom is -0.450 e. The predicted molar refractivity (Wildman–Crippen MR) is 113 cm³/mol. The summed E-state index contributed by atoms with van der Waals surface area (Å²) in [6, 6.07) is 14.9. The van der Waals surface area contributed by atoms with Crippen LogP contribution in [0.15, 0.2) is 48.0 Å². The molecule has 5 nitrogen and oxygen atoms in total. The van der Waals surface area contributed by atoms with E-state index in [1.165, 1.54) is 24.1 Å². The quantitative estimate of drug-likeness (QED) is 0.324. The normalized spacial score (nSPS) is 13.9. The Balaban J connectivity index is 1.70. The highest BCUT2D eigenvalue weighted by molar-refractivity contribution is 6.03. The lowest BCUT2D eigenvalue weighted by molar-refractivity contribution is -0.141. The Morgan fingerprint density at radius 2 is 1.79 bits per heavy atom. The number of nitriles is 1. The second-order valence-electron chi connectivity index (χ2n) is 7.40. The fourth-order valence-corrected chi connectivity index (χ4v) is 3.41. The van der Waals surface area contributed by atoms with Gasteiger partial charge in [-0.2, -0.15) is 5.26 Å². The Kier molecular flexibility index (Phi) is 6.13. The number of fused-ring (bicyclic) bond motifs is 1. The number of carbonyl (C=O) groups excluding carboxylic acids is 2. The molecule has 29 heavy (non-hydrogen) atoms. The largest absolute Gasteiger partial charge is 0.450 e. The lowest BCUT2D eigenvalue weighted by atomic mass is 10.0. The summed E-state index contributed by atoms with van der Waals surface area (Å²) in [5, 5.41) is 9.36. The molecule has 1 atom stereocenters. The second kappa shape index (κ2) is 8.74. The molecule has 2 aromatic carbocycles. The molecule has 3 rings (SSSR count). The number of aryl methyl sites for hydroxylation is 2. The van der Waals surface area contributed by atoms with Gasteiger partial charge >= 0.3 is 5.97 Å². The average molecular weight is 388 g/mol. The number of ether oxygens (including phenoxy) is 1. The van der Waals surface area contributed by atoms with Crippen molar-refractivity contribution in [2.24, 2.45) is 0 Å². The van der Waals surface area contributed by atoms with Crippen LogP contribution in [0.25, 0.3) is 6.08 Å². The van der Waals surface area contributed by atoms with Crippen molar-refractivity contribution in [3.05, 3.63) is 70.3 Å². The molecular formula is C24H24N2O3. The third-order valence-electron chi connectivity index (χ3n) is 5.10. The van der Waals surface area contributed by atoms with Crippen LogP contribution in [0.5, 0.6) is 0 Å². The molecule has 1 aliphatic carbocycles. The SMILES string of the molecule is C[C@H](OC(=O)/C(C#N)=C/c1ccc(N(C)C)cc1)C(=O)c1ccc2c(c1)CCC2. The van der Waals surface area contributed by atoms with Crippen molar-refractivity contribution in [1.82, 2.24) is 0 Å². The van der Waals surface area contributed by atoms with Crippen LogP contribution in [0.2, 0.25) is 0 Å². The number of hydrogen-bond donors (Lipinski definition) is 0. The first kappa shape index (κ1) is 20.3. The van der Waals surface area contributed by atoms with Crippen molar-refractivity contribution in [3.63, 3.8) is 0 Å². The van der Waals surface area contributed by atoms with Gasteiger partial charge in [-0.25, -0.2) is 4.79 Å². The number of Topliss-reactive ketones (excluding diaryl/α,β-unsaturated/α-hetero) is 1. The highest BCUT2D eigenvalue weighted by Crippen LogP contribution is 2.24. The number of nitrogens with zero attached hydrogens (tertiary/aromatic N) is 2. The highest BCUT2D eigenvalue weighted by atomic mass is 16.5. The third-order valence-corrected chi connectivity index (χ3v) is 5.10. The molecule has 1 aliphatic rings. The molecule has 0 bridgehead atoms. The molecule has 0 heterocycles. The summed E-state index contributed by atoms with van der Waals surface area (Å²) in [6.45, 7) is 1.54. The molecule has 0 aliphatic heterocycles. The van der Waals surface area contributed by atoms with Crippen LogP contribution >= 0.6 is 0 Å². The maximum Gasteiger partial charge on any atom is 0.349 e. The summed E-state index contributed by atoms with van der Waals surface area (Å²) in [6.07, 6.45) is 3.62. The van der Waals surface area contributed by atoms with Crippen LogP contribution in [0.1, 0.15) is 40.4 Å². The fraction of sp³-hybridized carbons (Fsp3) is 0.292. The van der Waals surface area contributed by atoms with E-state index >= 15 is 0 Å². The Morgan fingerprint density at radius 3 is 2.45 bits per heavy atom. The van der Waals surface area contributed by atoms with Crippen LogP contribution in [-0.2, 0) is 22.4 Å². The van der Waals surface area contributed by atoms with E-state index in [1.54, 1.807) is 6.07 Å². The molecule has 0 N–H and O–H groups in total. The Bertz CT molecular complexity index is 998. The zero-order chi connectivity index (χ0) is 21.0. The van der Waals surface area contributed by atoms with Gasteiger partial charge in [0.25, 0.3) is 0 Å². The number of hydrogen-bond acceptors (Lipinski definition) is 5. The van der Waals surface area contributed by atoms with Gasteiger partial charge in [0.15, 0.2) is 6.10 Å². The van der Waals surface area contributed by atoms with Gasteiger partial charge in [-0.3, -0.25) is 4.79 Å². The standard InChI is InChI=1S/C24H24N2O3/c1-16(23(27)20-10-9-18-5-4-6-19(18)14-20)29-24(28)21(15-25)13-17-7-11-22(12-8-17)26(2)3/h7-14,16H,4-6H2,1-3H3/b21-13+/t16-/m0/s1. The highest BCUT2D eigenvalue weighted by Gasteiger charge is 2.23. The van der Waals surface area contributed by atoms with Crippen molar-refractivity contribution >= 4 is 23.5 Å². The summed E-state index contributed by atoms with van der Waals surface area (Å²) in [4.78, 5) is 27.0. The van der Waals surface area contributed by atoms with Crippen molar-refractivity contribution in [3.8, 4) is 6.07 Å². The molecule has 0 saturated heterocycles. The lowest BCUT2D eigenvalue weighted by Gasteiger charge is -2.13. The molecule has 0 spiro atoms. The number of esters is 1. The summed E-state index contributed by atoms with van der Waals surface area (Å²) >= 11 is 0. The van der Waals surface area contributed by atoms with Crippen LogP contribution in [0.3, 0.4) is 0 Å². The average Bonchev–Trinajstić information content (AvgIpc) is 3.19. The smallest absolute Gasteiger partial charge is 0.349 e. The zero-order valence-electron chi connectivity index (χ0n) is 16.9. The molecule has 5 heteroatoms. The predicted octanol–water partition coefficient (Wildman–Crippen LogP) is 3.96. The van der Waals surface area contributed by atoms with E-state index < -0.39 is 12.1 Å². The molecule has 0 saturated carbocycles. The summed E-state index contributed by atoms with van der Waals surface area (Å²) < 4.78 is 5.29. The number of ketones is 1. The van der Waals surface area contributed by atoms with Crippen LogP contribution in [0.4, 0.5) is 5.69 Å². The van der Waals surface area contributed by atoms with Gasteiger partial charge in [-0.15, -0.1) is 0 Å². The van der Waals surface area contributed by atoms with Gasteiger partial charge in [-0.1, -0.05) is 24.3 Å². The van der Waals surface area contributed by atoms with Crippen LogP contribution < -0.4 is 4.90 Å². The minimum atomic E-state index is -0.963. The van der Waals surface area contributed by atoms with E-state index in [0.717, 1.165) is 24.9 Å². The summed E-state index contributed by atoms with van der Waals surface area (Å²) in [5.41, 5.74) is 4.58. The molecule has 0 radical (unpaired) electrons. The first-order valence-corrected chi connectivity index (χ1v) is 9.65. The van der Waals surface area contributed by atoms with Crippen molar-refractivity contribution in [2.75, 3.05) is 19.0 Å². The number of anilines is 1. The summed E-state index contributed by atoms with van der Waals surface area (Å²) in [7, 11) is 3.87. The van der Waals surface area contributed by atoms with Crippen molar-refractivity contribution in [1.29, 1.82) is 5.26 Å². The maximum atomic E-state index is 12.7. The zero-order valence-corrected chi connectivity index (χ0v) is 16.9. The Labute approximate surface area is 171 Å². The van der Waals surface area contributed by atoms with Gasteiger partial charge in [0.2, 0.25) is 5.78 Å². The molecule has 148 valence electrons. The van der Waals surface area contributed by atoms with Gasteiger partial charge in [0, 0.05) is 25.3 Å². The Hall–Kier alpha value is -3.39.